The smallest absolute Gasteiger partial charge is 0.323 e. The van der Waals surface area contributed by atoms with Crippen molar-refractivity contribution in [3.8, 4) is 5.95 Å². The molecule has 1 aromatic carbocycles. The Morgan fingerprint density at radius 3 is 2.57 bits per heavy atom. The van der Waals surface area contributed by atoms with Crippen LogP contribution in [0.3, 0.4) is 0 Å². The molecule has 3 aromatic rings. The molecule has 0 bridgehead atoms. The molecule has 0 unspecified atom stereocenters. The Labute approximate surface area is 179 Å². The van der Waals surface area contributed by atoms with E-state index in [4.69, 9.17) is 0 Å². The van der Waals surface area contributed by atoms with E-state index < -0.39 is 0 Å². The second kappa shape index (κ2) is 8.35. The summed E-state index contributed by atoms with van der Waals surface area (Å²) < 4.78 is 1.56. The number of amides is 2. The maximum atomic E-state index is 12.3. The van der Waals surface area contributed by atoms with Crippen LogP contribution in [0, 0.1) is 0 Å². The highest BCUT2D eigenvalue weighted by molar-refractivity contribution is 7.99. The van der Waals surface area contributed by atoms with Gasteiger partial charge in [-0.2, -0.15) is 16.9 Å². The predicted octanol–water partition coefficient (Wildman–Crippen LogP) is 3.35. The Bertz CT molecular complexity index is 1040. The first-order valence-electron chi connectivity index (χ1n) is 10.1. The highest BCUT2D eigenvalue weighted by Crippen LogP contribution is 2.25. The average Bonchev–Trinajstić information content (AvgIpc) is 3.43. The molecule has 0 atom stereocenters. The monoisotopic (exact) mass is 421 g/mol. The van der Waals surface area contributed by atoms with Crippen LogP contribution < -0.4 is 15.5 Å². The molecular formula is C21H23N7OS. The Kier molecular flexibility index (Phi) is 5.27. The van der Waals surface area contributed by atoms with E-state index in [1.165, 1.54) is 17.5 Å². The van der Waals surface area contributed by atoms with Crippen molar-refractivity contribution in [3.05, 3.63) is 54.1 Å². The second-order valence-electron chi connectivity index (χ2n) is 7.43. The van der Waals surface area contributed by atoms with Gasteiger partial charge in [-0.1, -0.05) is 6.07 Å². The van der Waals surface area contributed by atoms with Gasteiger partial charge < -0.3 is 15.5 Å². The summed E-state index contributed by atoms with van der Waals surface area (Å²) in [5.74, 6) is 2.73. The Balaban J connectivity index is 1.21. The maximum absolute atomic E-state index is 12.3. The van der Waals surface area contributed by atoms with E-state index >= 15 is 0 Å². The topological polar surface area (TPSA) is 88.0 Å². The molecule has 0 spiro atoms. The van der Waals surface area contributed by atoms with Gasteiger partial charge in [-0.05, 0) is 42.5 Å². The van der Waals surface area contributed by atoms with Crippen molar-refractivity contribution >= 4 is 34.9 Å². The molecule has 2 aromatic heterocycles. The first-order chi connectivity index (χ1) is 14.7. The van der Waals surface area contributed by atoms with Crippen LogP contribution in [0.15, 0.2) is 43.0 Å². The molecule has 9 heteroatoms. The number of urea groups is 1. The maximum Gasteiger partial charge on any atom is 0.323 e. The van der Waals surface area contributed by atoms with Crippen LogP contribution in [0.4, 0.5) is 21.9 Å². The first kappa shape index (κ1) is 18.9. The van der Waals surface area contributed by atoms with Crippen LogP contribution in [0.1, 0.15) is 17.5 Å². The Hall–Kier alpha value is -3.07. The minimum Gasteiger partial charge on any atom is -0.367 e. The van der Waals surface area contributed by atoms with Gasteiger partial charge in [0.1, 0.15) is 0 Å². The third-order valence-corrected chi connectivity index (χ3v) is 6.35. The van der Waals surface area contributed by atoms with Gasteiger partial charge in [0.15, 0.2) is 0 Å². The average molecular weight is 422 g/mol. The number of rotatable bonds is 4. The van der Waals surface area contributed by atoms with Crippen molar-refractivity contribution in [1.29, 1.82) is 0 Å². The number of hydrogen-bond acceptors (Lipinski definition) is 6. The highest BCUT2D eigenvalue weighted by atomic mass is 32.2. The van der Waals surface area contributed by atoms with E-state index in [0.717, 1.165) is 48.8 Å². The number of hydrogen-bond donors (Lipinski definition) is 2. The summed E-state index contributed by atoms with van der Waals surface area (Å²) >= 11 is 1.97. The minimum absolute atomic E-state index is 0.299. The van der Waals surface area contributed by atoms with Gasteiger partial charge >= 0.3 is 6.03 Å². The van der Waals surface area contributed by atoms with Crippen molar-refractivity contribution in [2.24, 2.45) is 0 Å². The molecule has 3 heterocycles. The lowest BCUT2D eigenvalue weighted by Crippen LogP contribution is -2.32. The van der Waals surface area contributed by atoms with Gasteiger partial charge in [-0.15, -0.1) is 0 Å². The van der Waals surface area contributed by atoms with Crippen molar-refractivity contribution in [3.63, 3.8) is 0 Å². The summed E-state index contributed by atoms with van der Waals surface area (Å²) in [6, 6.07) is 5.80. The van der Waals surface area contributed by atoms with Crippen LogP contribution in [0.2, 0.25) is 0 Å². The molecule has 0 saturated carbocycles. The molecule has 154 valence electrons. The molecule has 1 aliphatic heterocycles. The Morgan fingerprint density at radius 2 is 1.73 bits per heavy atom. The molecule has 5 rings (SSSR count). The van der Waals surface area contributed by atoms with Gasteiger partial charge in [0.2, 0.25) is 0 Å². The zero-order chi connectivity index (χ0) is 20.3. The number of carbonyl (C=O) groups excluding carboxylic acids is 1. The number of aryl methyl sites for hydroxylation is 2. The number of fused-ring (bicyclic) bond motifs is 1. The number of benzene rings is 1. The minimum atomic E-state index is -0.299. The lowest BCUT2D eigenvalue weighted by atomic mass is 10.1. The summed E-state index contributed by atoms with van der Waals surface area (Å²) in [5, 5.41) is 9.97. The summed E-state index contributed by atoms with van der Waals surface area (Å²) in [6.07, 6.45) is 10.3. The predicted molar refractivity (Wildman–Crippen MR) is 120 cm³/mol. The Morgan fingerprint density at radius 1 is 0.967 bits per heavy atom. The first-order valence-corrected chi connectivity index (χ1v) is 11.3. The third-order valence-electron chi connectivity index (χ3n) is 5.40. The van der Waals surface area contributed by atoms with E-state index in [0.29, 0.717) is 11.6 Å². The fourth-order valence-electron chi connectivity index (χ4n) is 3.86. The molecule has 1 saturated heterocycles. The number of anilines is 3. The normalized spacial score (nSPS) is 15.7. The van der Waals surface area contributed by atoms with Crippen LogP contribution in [0.25, 0.3) is 5.95 Å². The summed E-state index contributed by atoms with van der Waals surface area (Å²) in [6.45, 7) is 2.03. The van der Waals surface area contributed by atoms with Crippen LogP contribution in [-0.4, -0.2) is 50.4 Å². The highest BCUT2D eigenvalue weighted by Gasteiger charge is 2.14. The summed E-state index contributed by atoms with van der Waals surface area (Å²) in [7, 11) is 0. The molecule has 2 aliphatic rings. The SMILES string of the molecule is O=C(Nc1ccc2c(c1)CCC2)Nc1cnn(-c2ncc(N3CCSCC3)cn2)c1. The standard InChI is InChI=1S/C21H23N7OS/c29-21(25-17-5-4-15-2-1-3-16(15)10-17)26-18-11-24-28(14-18)20-22-12-19(13-23-20)27-6-8-30-9-7-27/h4-5,10-14H,1-3,6-9H2,(H2,25,26,29). The number of carbonyl (C=O) groups is 1. The van der Waals surface area contributed by atoms with E-state index in [-0.39, 0.29) is 6.03 Å². The molecule has 1 fully saturated rings. The zero-order valence-electron chi connectivity index (χ0n) is 16.5. The number of aromatic nitrogens is 4. The summed E-state index contributed by atoms with van der Waals surface area (Å²) in [4.78, 5) is 23.5. The zero-order valence-corrected chi connectivity index (χ0v) is 17.4. The summed E-state index contributed by atoms with van der Waals surface area (Å²) in [5.41, 5.74) is 5.11. The number of thioether (sulfide) groups is 1. The van der Waals surface area contributed by atoms with Crippen molar-refractivity contribution in [2.45, 2.75) is 19.3 Å². The van der Waals surface area contributed by atoms with Crippen LogP contribution in [-0.2, 0) is 12.8 Å². The number of nitrogens with zero attached hydrogens (tertiary/aromatic N) is 5. The van der Waals surface area contributed by atoms with Crippen molar-refractivity contribution < 1.29 is 4.79 Å². The lowest BCUT2D eigenvalue weighted by Gasteiger charge is -2.27. The van der Waals surface area contributed by atoms with Crippen LogP contribution >= 0.6 is 11.8 Å². The van der Waals surface area contributed by atoms with Gasteiger partial charge in [0.05, 0.1) is 36.2 Å². The van der Waals surface area contributed by atoms with E-state index in [2.05, 4.69) is 42.7 Å². The van der Waals surface area contributed by atoms with E-state index in [1.807, 2.05) is 30.2 Å². The molecule has 30 heavy (non-hydrogen) atoms. The molecule has 1 aliphatic carbocycles. The lowest BCUT2D eigenvalue weighted by molar-refractivity contribution is 0.262. The number of nitrogens with one attached hydrogen (secondary N) is 2. The van der Waals surface area contributed by atoms with E-state index in [1.54, 1.807) is 17.1 Å². The quantitative estimate of drug-likeness (QED) is 0.672. The second-order valence-corrected chi connectivity index (χ2v) is 8.66. The van der Waals surface area contributed by atoms with Gasteiger partial charge in [0, 0.05) is 30.3 Å². The largest absolute Gasteiger partial charge is 0.367 e. The molecule has 0 radical (unpaired) electrons. The van der Waals surface area contributed by atoms with Gasteiger partial charge in [0.25, 0.3) is 5.95 Å². The molecule has 8 nitrogen and oxygen atoms in total. The van der Waals surface area contributed by atoms with Crippen molar-refractivity contribution in [2.75, 3.05) is 40.1 Å². The van der Waals surface area contributed by atoms with Crippen molar-refractivity contribution in [1.82, 2.24) is 19.7 Å². The van der Waals surface area contributed by atoms with Gasteiger partial charge in [-0.25, -0.2) is 19.4 Å². The molecular weight excluding hydrogens is 398 g/mol. The molecule has 2 N–H and O–H groups in total. The third kappa shape index (κ3) is 4.11. The van der Waals surface area contributed by atoms with E-state index in [9.17, 15) is 4.79 Å². The van der Waals surface area contributed by atoms with Crippen LogP contribution in [0.5, 0.6) is 0 Å². The molecule has 2 amide bonds. The van der Waals surface area contributed by atoms with Gasteiger partial charge in [-0.3, -0.25) is 0 Å². The fourth-order valence-corrected chi connectivity index (χ4v) is 4.76. The fraction of sp³-hybridized carbons (Fsp3) is 0.333.